The van der Waals surface area contributed by atoms with Crippen LogP contribution in [0.3, 0.4) is 0 Å². The number of aromatic nitrogens is 2. The van der Waals surface area contributed by atoms with Crippen LogP contribution in [0, 0.1) is 0 Å². The van der Waals surface area contributed by atoms with Gasteiger partial charge in [0.1, 0.15) is 17.2 Å². The molecule has 1 N–H and O–H groups in total. The summed E-state index contributed by atoms with van der Waals surface area (Å²) in [6.45, 7) is 0.938. The van der Waals surface area contributed by atoms with E-state index in [2.05, 4.69) is 5.10 Å². The molecule has 0 radical (unpaired) electrons. The third-order valence-electron chi connectivity index (χ3n) is 6.38. The van der Waals surface area contributed by atoms with Gasteiger partial charge in [-0.25, -0.2) is 0 Å². The molecule has 0 amide bonds. The van der Waals surface area contributed by atoms with Gasteiger partial charge in [0.2, 0.25) is 0 Å². The molecule has 2 heterocycles. The van der Waals surface area contributed by atoms with E-state index < -0.39 is 11.9 Å². The molecule has 9 heteroatoms. The van der Waals surface area contributed by atoms with Crippen LogP contribution in [0.4, 0.5) is 0 Å². The lowest BCUT2D eigenvalue weighted by Gasteiger charge is -2.24. The number of carbonyl (C=O) groups excluding carboxylic acids is 1. The number of carbonyl (C=O) groups is 2. The Bertz CT molecular complexity index is 1470. The normalized spacial score (nSPS) is 14.4. The average Bonchev–Trinajstić information content (AvgIpc) is 3.38. The zero-order valence-corrected chi connectivity index (χ0v) is 21.8. The summed E-state index contributed by atoms with van der Waals surface area (Å²) in [5.74, 6) is -0.233. The number of aryl methyl sites for hydroxylation is 1. The fraction of sp³-hybridized carbons (Fsp3) is 0.207. The Morgan fingerprint density at radius 2 is 1.82 bits per heavy atom. The molecule has 0 spiro atoms. The second-order valence-corrected chi connectivity index (χ2v) is 9.82. The lowest BCUT2D eigenvalue weighted by Crippen LogP contribution is -2.20. The highest BCUT2D eigenvalue weighted by atomic mass is 35.5. The van der Waals surface area contributed by atoms with Crippen LogP contribution < -0.4 is 9.47 Å². The van der Waals surface area contributed by atoms with Gasteiger partial charge in [-0.05, 0) is 61.4 Å². The number of hydrogen-bond donors (Lipinski definition) is 1. The molecule has 194 valence electrons. The number of rotatable bonds is 9. The molecule has 3 aromatic carbocycles. The van der Waals surface area contributed by atoms with Crippen molar-refractivity contribution in [1.82, 2.24) is 9.78 Å². The molecule has 0 fully saturated rings. The minimum Gasteiger partial charge on any atom is -0.493 e. The number of carboxylic acid groups (broad SMARTS) is 1. The van der Waals surface area contributed by atoms with Gasteiger partial charge in [-0.15, -0.1) is 0 Å². The Morgan fingerprint density at radius 3 is 2.55 bits per heavy atom. The highest BCUT2D eigenvalue weighted by Crippen LogP contribution is 2.41. The van der Waals surface area contributed by atoms with Gasteiger partial charge >= 0.3 is 5.97 Å². The molecule has 4 aromatic rings. The van der Waals surface area contributed by atoms with Crippen LogP contribution in [0.2, 0.25) is 10.0 Å². The summed E-state index contributed by atoms with van der Waals surface area (Å²) >= 11 is 12.3. The lowest BCUT2D eigenvalue weighted by atomic mass is 9.93. The molecule has 0 saturated carbocycles. The first-order chi connectivity index (χ1) is 18.4. The highest BCUT2D eigenvalue weighted by molar-refractivity contribution is 6.32. The molecule has 0 aliphatic carbocycles. The van der Waals surface area contributed by atoms with Gasteiger partial charge in [-0.2, -0.15) is 5.10 Å². The first kappa shape index (κ1) is 25.8. The standard InChI is InChI=1S/C29H24Cl2N2O5/c30-20-7-3-18(4-8-20)25-11-14-33(32-25)13-1-2-26(34)19-5-9-21(10-6-19)38-28-17-27-23(16-24(28)31)22(29(35)36)12-15-37-27/h3-11,14,16-17,22H,1-2,12-13,15H2,(H,35,36). The summed E-state index contributed by atoms with van der Waals surface area (Å²) in [6, 6.07) is 19.5. The van der Waals surface area contributed by atoms with Crippen LogP contribution in [0.15, 0.2) is 72.9 Å². The number of nitrogens with zero attached hydrogens (tertiary/aromatic N) is 2. The number of carboxylic acids is 1. The number of halogens is 2. The Labute approximate surface area is 229 Å². The van der Waals surface area contributed by atoms with Gasteiger partial charge in [0.05, 0.1) is 23.2 Å². The number of benzene rings is 3. The van der Waals surface area contributed by atoms with Crippen molar-refractivity contribution in [1.29, 1.82) is 0 Å². The monoisotopic (exact) mass is 550 g/mol. The van der Waals surface area contributed by atoms with Crippen LogP contribution in [-0.2, 0) is 11.3 Å². The molecule has 1 unspecified atom stereocenters. The maximum Gasteiger partial charge on any atom is 0.311 e. The molecule has 5 rings (SSSR count). The SMILES string of the molecule is O=C(CCCn1ccc(-c2ccc(Cl)cc2)n1)c1ccc(Oc2cc3c(cc2Cl)C(C(=O)O)CCO3)cc1. The van der Waals surface area contributed by atoms with Crippen molar-refractivity contribution in [2.75, 3.05) is 6.61 Å². The minimum absolute atomic E-state index is 0.0292. The smallest absolute Gasteiger partial charge is 0.311 e. The quantitative estimate of drug-likeness (QED) is 0.220. The largest absolute Gasteiger partial charge is 0.493 e. The van der Waals surface area contributed by atoms with E-state index in [1.54, 1.807) is 36.4 Å². The van der Waals surface area contributed by atoms with E-state index >= 15 is 0 Å². The number of ether oxygens (including phenoxy) is 2. The van der Waals surface area contributed by atoms with Crippen molar-refractivity contribution >= 4 is 35.0 Å². The first-order valence-corrected chi connectivity index (χ1v) is 12.9. The van der Waals surface area contributed by atoms with Crippen LogP contribution in [0.25, 0.3) is 11.3 Å². The molecule has 1 atom stereocenters. The Hall–Kier alpha value is -3.81. The molecular formula is C29H24Cl2N2O5. The van der Waals surface area contributed by atoms with Crippen LogP contribution in [0.1, 0.15) is 41.1 Å². The van der Waals surface area contributed by atoms with E-state index in [4.69, 9.17) is 32.7 Å². The summed E-state index contributed by atoms with van der Waals surface area (Å²) in [4.78, 5) is 24.2. The van der Waals surface area contributed by atoms with E-state index in [-0.39, 0.29) is 5.78 Å². The van der Waals surface area contributed by atoms with Crippen molar-refractivity contribution in [3.63, 3.8) is 0 Å². The van der Waals surface area contributed by atoms with Gasteiger partial charge in [-0.3, -0.25) is 14.3 Å². The van der Waals surface area contributed by atoms with Gasteiger partial charge in [0.25, 0.3) is 0 Å². The number of fused-ring (bicyclic) bond motifs is 1. The number of ketones is 1. The third-order valence-corrected chi connectivity index (χ3v) is 6.93. The number of hydrogen-bond acceptors (Lipinski definition) is 5. The maximum absolute atomic E-state index is 12.7. The van der Waals surface area contributed by atoms with Crippen molar-refractivity contribution in [2.24, 2.45) is 0 Å². The van der Waals surface area contributed by atoms with E-state index in [0.717, 1.165) is 11.3 Å². The van der Waals surface area contributed by atoms with Crippen molar-refractivity contribution < 1.29 is 24.2 Å². The second-order valence-electron chi connectivity index (χ2n) is 8.97. The molecule has 7 nitrogen and oxygen atoms in total. The first-order valence-electron chi connectivity index (χ1n) is 12.2. The fourth-order valence-electron chi connectivity index (χ4n) is 4.37. The van der Waals surface area contributed by atoms with Gasteiger partial charge in [0, 0.05) is 46.9 Å². The number of Topliss-reactive ketones (excluding diaryl/α,β-unsaturated/α-hetero) is 1. The summed E-state index contributed by atoms with van der Waals surface area (Å²) < 4.78 is 13.4. The molecule has 1 aromatic heterocycles. The third kappa shape index (κ3) is 5.85. The topological polar surface area (TPSA) is 90.7 Å². The predicted octanol–water partition coefficient (Wildman–Crippen LogP) is 7.26. The van der Waals surface area contributed by atoms with E-state index in [1.807, 2.05) is 41.2 Å². The molecule has 1 aliphatic rings. The van der Waals surface area contributed by atoms with E-state index in [1.165, 1.54) is 0 Å². The van der Waals surface area contributed by atoms with Crippen molar-refractivity contribution in [2.45, 2.75) is 31.7 Å². The van der Waals surface area contributed by atoms with E-state index in [0.29, 0.717) is 70.8 Å². The summed E-state index contributed by atoms with van der Waals surface area (Å²) in [6.07, 6.45) is 3.33. The Morgan fingerprint density at radius 1 is 1.05 bits per heavy atom. The molecule has 38 heavy (non-hydrogen) atoms. The fourth-order valence-corrected chi connectivity index (χ4v) is 4.70. The van der Waals surface area contributed by atoms with Crippen molar-refractivity contribution in [3.05, 3.63) is 94.1 Å². The van der Waals surface area contributed by atoms with E-state index in [9.17, 15) is 14.7 Å². The second kappa shape index (κ2) is 11.3. The van der Waals surface area contributed by atoms with Crippen LogP contribution in [-0.4, -0.2) is 33.2 Å². The van der Waals surface area contributed by atoms with Gasteiger partial charge in [0.15, 0.2) is 5.78 Å². The minimum atomic E-state index is -0.910. The summed E-state index contributed by atoms with van der Waals surface area (Å²) in [5.41, 5.74) is 2.97. The summed E-state index contributed by atoms with van der Waals surface area (Å²) in [5, 5.41) is 15.0. The van der Waals surface area contributed by atoms with Gasteiger partial charge in [-0.1, -0.05) is 35.3 Å². The molecule has 0 saturated heterocycles. The zero-order valence-electron chi connectivity index (χ0n) is 20.3. The van der Waals surface area contributed by atoms with Crippen LogP contribution >= 0.6 is 23.2 Å². The predicted molar refractivity (Wildman–Crippen MR) is 145 cm³/mol. The van der Waals surface area contributed by atoms with Crippen LogP contribution in [0.5, 0.6) is 17.2 Å². The molecule has 0 bridgehead atoms. The average molecular weight is 551 g/mol. The van der Waals surface area contributed by atoms with Crippen molar-refractivity contribution in [3.8, 4) is 28.5 Å². The number of aliphatic carboxylic acids is 1. The Kier molecular flexibility index (Phi) is 7.67. The molecular weight excluding hydrogens is 527 g/mol. The Balaban J connectivity index is 1.16. The summed E-state index contributed by atoms with van der Waals surface area (Å²) in [7, 11) is 0. The van der Waals surface area contributed by atoms with Gasteiger partial charge < -0.3 is 14.6 Å². The zero-order chi connectivity index (χ0) is 26.6. The maximum atomic E-state index is 12.7. The lowest BCUT2D eigenvalue weighted by molar-refractivity contribution is -0.139. The molecule has 1 aliphatic heterocycles. The highest BCUT2D eigenvalue weighted by Gasteiger charge is 2.29.